The number of piperidine rings is 1. The molecule has 1 saturated heterocycles. The Labute approximate surface area is 183 Å². The number of thiophene rings is 1. The van der Waals surface area contributed by atoms with Crippen molar-refractivity contribution in [3.05, 3.63) is 45.3 Å². The van der Waals surface area contributed by atoms with Crippen molar-refractivity contribution in [3.8, 4) is 0 Å². The molecule has 30 heavy (non-hydrogen) atoms. The van der Waals surface area contributed by atoms with Crippen molar-refractivity contribution in [3.63, 3.8) is 0 Å². The largest absolute Gasteiger partial charge is 0.365 e. The summed E-state index contributed by atoms with van der Waals surface area (Å²) in [7, 11) is 0. The Morgan fingerprint density at radius 2 is 1.97 bits per heavy atom. The quantitative estimate of drug-likeness (QED) is 0.632. The number of nitrogens with two attached hydrogens (primary N) is 1. The molecule has 2 aliphatic rings. The number of aryl methyl sites for hydroxylation is 1. The number of carbonyl (C=O) groups is 2. The van der Waals surface area contributed by atoms with Gasteiger partial charge in [0.1, 0.15) is 5.00 Å². The number of hydrogen-bond donors (Lipinski definition) is 2. The Balaban J connectivity index is 1.19. The molecule has 1 fully saturated rings. The Morgan fingerprint density at radius 3 is 2.73 bits per heavy atom. The highest BCUT2D eigenvalue weighted by Gasteiger charge is 2.28. The van der Waals surface area contributed by atoms with Crippen LogP contribution in [0.1, 0.15) is 51.0 Å². The molecule has 5 rings (SSSR count). The fourth-order valence-electron chi connectivity index (χ4n) is 4.52. The molecule has 0 atom stereocenters. The summed E-state index contributed by atoms with van der Waals surface area (Å²) in [5.41, 5.74) is 8.23. The van der Waals surface area contributed by atoms with E-state index in [1.54, 1.807) is 11.3 Å². The number of nitrogens with zero attached hydrogens (tertiary/aromatic N) is 2. The highest BCUT2D eigenvalue weighted by atomic mass is 32.1. The third kappa shape index (κ3) is 3.75. The van der Waals surface area contributed by atoms with Crippen LogP contribution in [0.5, 0.6) is 0 Å². The van der Waals surface area contributed by atoms with E-state index in [1.807, 2.05) is 6.07 Å². The molecule has 3 aromatic rings. The van der Waals surface area contributed by atoms with E-state index in [2.05, 4.69) is 28.4 Å². The fourth-order valence-corrected chi connectivity index (χ4v) is 6.97. The number of hydrogen-bond acceptors (Lipinski definition) is 6. The van der Waals surface area contributed by atoms with Gasteiger partial charge in [-0.05, 0) is 62.9 Å². The molecule has 1 aliphatic heterocycles. The van der Waals surface area contributed by atoms with E-state index < -0.39 is 5.91 Å². The average Bonchev–Trinajstić information content (AvgIpc) is 3.41. The summed E-state index contributed by atoms with van der Waals surface area (Å²) in [6.45, 7) is 2.09. The first-order chi connectivity index (χ1) is 14.6. The van der Waals surface area contributed by atoms with Crippen molar-refractivity contribution in [1.82, 2.24) is 9.88 Å². The van der Waals surface area contributed by atoms with Crippen LogP contribution in [0.15, 0.2) is 24.3 Å². The number of thiazole rings is 1. The van der Waals surface area contributed by atoms with Crippen LogP contribution in [0.25, 0.3) is 10.2 Å². The lowest BCUT2D eigenvalue weighted by atomic mass is 9.97. The number of carbonyl (C=O) groups excluding carboxylic acids is 2. The SMILES string of the molecule is NC(=O)c1c(NC(=O)CN2CCC(c3nc4ccccc4s3)CC2)sc2c1CCC2. The van der Waals surface area contributed by atoms with Crippen LogP contribution >= 0.6 is 22.7 Å². The average molecular weight is 441 g/mol. The van der Waals surface area contributed by atoms with E-state index in [0.29, 0.717) is 23.0 Å². The second-order valence-corrected chi connectivity index (χ2v) is 10.2. The van der Waals surface area contributed by atoms with Gasteiger partial charge in [0.2, 0.25) is 5.91 Å². The Morgan fingerprint density at radius 1 is 1.17 bits per heavy atom. The number of rotatable bonds is 5. The monoisotopic (exact) mass is 440 g/mol. The van der Waals surface area contributed by atoms with Gasteiger partial charge in [-0.15, -0.1) is 22.7 Å². The summed E-state index contributed by atoms with van der Waals surface area (Å²) in [5, 5.41) is 4.79. The Bertz CT molecular complexity index is 1080. The van der Waals surface area contributed by atoms with Crippen molar-refractivity contribution in [1.29, 1.82) is 0 Å². The highest BCUT2D eigenvalue weighted by Crippen LogP contribution is 2.39. The number of benzene rings is 1. The molecule has 3 heterocycles. The van der Waals surface area contributed by atoms with Gasteiger partial charge >= 0.3 is 0 Å². The van der Waals surface area contributed by atoms with Gasteiger partial charge < -0.3 is 11.1 Å². The minimum atomic E-state index is -0.443. The Hall–Kier alpha value is -2.29. The molecule has 6 nitrogen and oxygen atoms in total. The number of amides is 2. The number of likely N-dealkylation sites (tertiary alicyclic amines) is 1. The fraction of sp³-hybridized carbons (Fsp3) is 0.409. The van der Waals surface area contributed by atoms with Crippen LogP contribution in [0.3, 0.4) is 0 Å². The Kier molecular flexibility index (Phi) is 5.30. The first-order valence-electron chi connectivity index (χ1n) is 10.4. The number of nitrogens with one attached hydrogen (secondary N) is 1. The summed E-state index contributed by atoms with van der Waals surface area (Å²) in [6, 6.07) is 8.27. The molecule has 0 radical (unpaired) electrons. The third-order valence-electron chi connectivity index (χ3n) is 6.04. The summed E-state index contributed by atoms with van der Waals surface area (Å²) < 4.78 is 1.24. The number of anilines is 1. The van der Waals surface area contributed by atoms with Gasteiger partial charge in [0.25, 0.3) is 5.91 Å². The molecule has 2 aromatic heterocycles. The van der Waals surface area contributed by atoms with E-state index in [9.17, 15) is 9.59 Å². The second-order valence-electron chi connectivity index (χ2n) is 8.04. The van der Waals surface area contributed by atoms with Crippen molar-refractivity contribution >= 4 is 49.7 Å². The third-order valence-corrected chi connectivity index (χ3v) is 8.44. The summed E-state index contributed by atoms with van der Waals surface area (Å²) in [6.07, 6.45) is 4.91. The molecule has 0 unspecified atom stereocenters. The minimum Gasteiger partial charge on any atom is -0.365 e. The van der Waals surface area contributed by atoms with Crippen LogP contribution < -0.4 is 11.1 Å². The lowest BCUT2D eigenvalue weighted by molar-refractivity contribution is -0.117. The van der Waals surface area contributed by atoms with E-state index in [-0.39, 0.29) is 5.91 Å². The van der Waals surface area contributed by atoms with Gasteiger partial charge in [0.05, 0.1) is 27.3 Å². The first-order valence-corrected chi connectivity index (χ1v) is 12.0. The molecule has 0 spiro atoms. The molecule has 2 amide bonds. The van der Waals surface area contributed by atoms with Crippen LogP contribution in [0.2, 0.25) is 0 Å². The molecule has 8 heteroatoms. The van der Waals surface area contributed by atoms with Crippen molar-refractivity contribution in [2.24, 2.45) is 5.73 Å². The summed E-state index contributed by atoms with van der Waals surface area (Å²) >= 11 is 3.29. The molecular weight excluding hydrogens is 416 g/mol. The number of fused-ring (bicyclic) bond motifs is 2. The second kappa shape index (κ2) is 8.09. The number of primary amides is 1. The van der Waals surface area contributed by atoms with E-state index in [0.717, 1.165) is 56.3 Å². The van der Waals surface area contributed by atoms with Gasteiger partial charge in [-0.2, -0.15) is 0 Å². The highest BCUT2D eigenvalue weighted by molar-refractivity contribution is 7.18. The minimum absolute atomic E-state index is 0.0733. The maximum atomic E-state index is 12.6. The summed E-state index contributed by atoms with van der Waals surface area (Å²) in [4.78, 5) is 32.7. The smallest absolute Gasteiger partial charge is 0.251 e. The lowest BCUT2D eigenvalue weighted by Crippen LogP contribution is -2.38. The lowest BCUT2D eigenvalue weighted by Gasteiger charge is -2.30. The van der Waals surface area contributed by atoms with Crippen molar-refractivity contribution in [2.45, 2.75) is 38.0 Å². The van der Waals surface area contributed by atoms with Gasteiger partial charge in [0, 0.05) is 10.8 Å². The van der Waals surface area contributed by atoms with Crippen LogP contribution in [-0.2, 0) is 17.6 Å². The van der Waals surface area contributed by atoms with Gasteiger partial charge in [-0.1, -0.05) is 12.1 Å². The standard InChI is InChI=1S/C22H24N4O2S2/c23-20(28)19-14-4-3-7-16(14)29-22(19)25-18(27)12-26-10-8-13(9-11-26)21-24-15-5-1-2-6-17(15)30-21/h1-2,5-6,13H,3-4,7-12H2,(H2,23,28)(H,25,27). The maximum Gasteiger partial charge on any atom is 0.251 e. The summed E-state index contributed by atoms with van der Waals surface area (Å²) in [5.74, 6) is -0.0549. The van der Waals surface area contributed by atoms with Crippen LogP contribution in [0, 0.1) is 0 Å². The van der Waals surface area contributed by atoms with E-state index in [1.165, 1.54) is 25.9 Å². The number of aromatic nitrogens is 1. The topological polar surface area (TPSA) is 88.3 Å². The van der Waals surface area contributed by atoms with Crippen LogP contribution in [-0.4, -0.2) is 41.3 Å². The van der Waals surface area contributed by atoms with E-state index in [4.69, 9.17) is 10.7 Å². The molecule has 0 saturated carbocycles. The molecule has 3 N–H and O–H groups in total. The molecule has 1 aliphatic carbocycles. The van der Waals surface area contributed by atoms with Gasteiger partial charge in [0.15, 0.2) is 0 Å². The normalized spacial score (nSPS) is 17.3. The maximum absolute atomic E-state index is 12.6. The predicted molar refractivity (Wildman–Crippen MR) is 122 cm³/mol. The zero-order chi connectivity index (χ0) is 20.7. The predicted octanol–water partition coefficient (Wildman–Crippen LogP) is 3.76. The zero-order valence-electron chi connectivity index (χ0n) is 16.6. The molecule has 156 valence electrons. The molecule has 1 aromatic carbocycles. The number of para-hydroxylation sites is 1. The van der Waals surface area contributed by atoms with Crippen molar-refractivity contribution < 1.29 is 9.59 Å². The van der Waals surface area contributed by atoms with Gasteiger partial charge in [-0.25, -0.2) is 4.98 Å². The van der Waals surface area contributed by atoms with Crippen LogP contribution in [0.4, 0.5) is 5.00 Å². The zero-order valence-corrected chi connectivity index (χ0v) is 18.3. The molecule has 0 bridgehead atoms. The first kappa shape index (κ1) is 19.7. The van der Waals surface area contributed by atoms with Gasteiger partial charge in [-0.3, -0.25) is 14.5 Å². The molecular formula is C22H24N4O2S2. The van der Waals surface area contributed by atoms with E-state index >= 15 is 0 Å². The van der Waals surface area contributed by atoms with Crippen molar-refractivity contribution in [2.75, 3.05) is 25.0 Å².